The Labute approximate surface area is 143 Å². The monoisotopic (exact) mass is 324 g/mol. The van der Waals surface area contributed by atoms with Gasteiger partial charge in [0.25, 0.3) is 0 Å². The average molecular weight is 324 g/mol. The Balaban J connectivity index is 1.96. The number of hydrogen-bond donors (Lipinski definition) is 2. The summed E-state index contributed by atoms with van der Waals surface area (Å²) in [5.41, 5.74) is 3.31. The van der Waals surface area contributed by atoms with Gasteiger partial charge in [0.15, 0.2) is 5.78 Å². The van der Waals surface area contributed by atoms with E-state index in [0.717, 1.165) is 5.69 Å². The van der Waals surface area contributed by atoms with Crippen LogP contribution in [-0.2, 0) is 10.2 Å². The lowest BCUT2D eigenvalue weighted by molar-refractivity contribution is -0.114. The number of nitrogens with one attached hydrogen (secondary N) is 2. The van der Waals surface area contributed by atoms with E-state index in [1.807, 2.05) is 30.3 Å². The van der Waals surface area contributed by atoms with Crippen LogP contribution in [0.15, 0.2) is 48.5 Å². The summed E-state index contributed by atoms with van der Waals surface area (Å²) in [5.74, 6) is -0.187. The molecule has 126 valence electrons. The molecule has 4 nitrogen and oxygen atoms in total. The van der Waals surface area contributed by atoms with E-state index in [1.165, 1.54) is 12.5 Å². The van der Waals surface area contributed by atoms with E-state index in [0.29, 0.717) is 11.3 Å². The van der Waals surface area contributed by atoms with Crippen LogP contribution in [0, 0.1) is 0 Å². The molecule has 0 aliphatic rings. The maximum Gasteiger partial charge on any atom is 0.243 e. The number of anilines is 2. The highest BCUT2D eigenvalue weighted by Crippen LogP contribution is 2.23. The van der Waals surface area contributed by atoms with Crippen LogP contribution in [0.3, 0.4) is 0 Å². The van der Waals surface area contributed by atoms with E-state index >= 15 is 0 Å². The van der Waals surface area contributed by atoms with Gasteiger partial charge in [-0.25, -0.2) is 0 Å². The van der Waals surface area contributed by atoms with E-state index < -0.39 is 0 Å². The molecular formula is C20H24N2O2. The Kier molecular flexibility index (Phi) is 5.39. The third kappa shape index (κ3) is 4.69. The van der Waals surface area contributed by atoms with E-state index in [2.05, 4.69) is 31.4 Å². The van der Waals surface area contributed by atoms with Crippen LogP contribution in [0.25, 0.3) is 0 Å². The molecule has 0 aromatic heterocycles. The quantitative estimate of drug-likeness (QED) is 0.809. The van der Waals surface area contributed by atoms with Crippen LogP contribution in [0.1, 0.15) is 43.6 Å². The summed E-state index contributed by atoms with van der Waals surface area (Å²) in [7, 11) is 0. The zero-order valence-electron chi connectivity index (χ0n) is 14.6. The van der Waals surface area contributed by atoms with Crippen molar-refractivity contribution < 1.29 is 9.59 Å². The van der Waals surface area contributed by atoms with E-state index in [4.69, 9.17) is 0 Å². The number of amides is 1. The van der Waals surface area contributed by atoms with Crippen LogP contribution in [0.2, 0.25) is 0 Å². The Morgan fingerprint density at radius 2 is 1.58 bits per heavy atom. The first-order valence-electron chi connectivity index (χ1n) is 8.01. The first-order chi connectivity index (χ1) is 11.3. The first kappa shape index (κ1) is 17.7. The molecule has 0 saturated heterocycles. The fraction of sp³-hybridized carbons (Fsp3) is 0.300. The Bertz CT molecular complexity index is 728. The maximum atomic E-state index is 12.1. The lowest BCUT2D eigenvalue weighted by atomic mass is 9.87. The number of para-hydroxylation sites is 1. The minimum atomic E-state index is -0.156. The molecule has 0 unspecified atom stereocenters. The summed E-state index contributed by atoms with van der Waals surface area (Å²) < 4.78 is 0. The minimum Gasteiger partial charge on any atom is -0.376 e. The zero-order chi connectivity index (χ0) is 17.7. The molecule has 2 aromatic carbocycles. The van der Waals surface area contributed by atoms with Gasteiger partial charge in [0, 0.05) is 16.9 Å². The second-order valence-corrected chi connectivity index (χ2v) is 6.83. The standard InChI is InChI=1S/C20H24N2O2/c1-14(23)17-7-5-6-8-18(17)21-13-19(24)22-16-11-9-15(10-12-16)20(2,3)4/h5-12,21H,13H2,1-4H3,(H,22,24). The maximum absolute atomic E-state index is 12.1. The summed E-state index contributed by atoms with van der Waals surface area (Å²) in [5, 5.41) is 5.87. The molecule has 0 bridgehead atoms. The third-order valence-corrected chi connectivity index (χ3v) is 3.78. The molecule has 0 aliphatic heterocycles. The van der Waals surface area contributed by atoms with Gasteiger partial charge in [0.05, 0.1) is 6.54 Å². The molecule has 4 heteroatoms. The molecular weight excluding hydrogens is 300 g/mol. The van der Waals surface area contributed by atoms with Crippen LogP contribution >= 0.6 is 0 Å². The van der Waals surface area contributed by atoms with Crippen LogP contribution in [0.4, 0.5) is 11.4 Å². The number of hydrogen-bond acceptors (Lipinski definition) is 3. The lowest BCUT2D eigenvalue weighted by Gasteiger charge is -2.19. The molecule has 24 heavy (non-hydrogen) atoms. The smallest absolute Gasteiger partial charge is 0.243 e. The second kappa shape index (κ2) is 7.30. The van der Waals surface area contributed by atoms with E-state index in [-0.39, 0.29) is 23.7 Å². The van der Waals surface area contributed by atoms with Gasteiger partial charge in [0.2, 0.25) is 5.91 Å². The summed E-state index contributed by atoms with van der Waals surface area (Å²) in [4.78, 5) is 23.7. The fourth-order valence-electron chi connectivity index (χ4n) is 2.38. The van der Waals surface area contributed by atoms with Crippen molar-refractivity contribution in [2.24, 2.45) is 0 Å². The molecule has 2 aromatic rings. The normalized spacial score (nSPS) is 11.0. The number of rotatable bonds is 5. The second-order valence-electron chi connectivity index (χ2n) is 6.83. The highest BCUT2D eigenvalue weighted by Gasteiger charge is 2.13. The van der Waals surface area contributed by atoms with E-state index in [1.54, 1.807) is 18.2 Å². The molecule has 0 radical (unpaired) electrons. The van der Waals surface area contributed by atoms with Crippen LogP contribution < -0.4 is 10.6 Å². The number of benzene rings is 2. The Morgan fingerprint density at radius 3 is 2.17 bits per heavy atom. The molecule has 0 saturated carbocycles. The molecule has 2 rings (SSSR count). The fourth-order valence-corrected chi connectivity index (χ4v) is 2.38. The summed E-state index contributed by atoms with van der Waals surface area (Å²) >= 11 is 0. The molecule has 0 fully saturated rings. The van der Waals surface area contributed by atoms with Gasteiger partial charge >= 0.3 is 0 Å². The van der Waals surface area contributed by atoms with Crippen molar-refractivity contribution in [1.82, 2.24) is 0 Å². The third-order valence-electron chi connectivity index (χ3n) is 3.78. The number of carbonyl (C=O) groups excluding carboxylic acids is 2. The van der Waals surface area contributed by atoms with Crippen molar-refractivity contribution in [2.45, 2.75) is 33.1 Å². The topological polar surface area (TPSA) is 58.2 Å². The summed E-state index contributed by atoms with van der Waals surface area (Å²) in [6, 6.07) is 15.0. The average Bonchev–Trinajstić information content (AvgIpc) is 2.53. The van der Waals surface area contributed by atoms with Crippen molar-refractivity contribution in [3.05, 3.63) is 59.7 Å². The number of ketones is 1. The number of carbonyl (C=O) groups is 2. The van der Waals surface area contributed by atoms with Gasteiger partial charge in [-0.15, -0.1) is 0 Å². The van der Waals surface area contributed by atoms with Gasteiger partial charge < -0.3 is 10.6 Å². The van der Waals surface area contributed by atoms with Crippen molar-refractivity contribution in [2.75, 3.05) is 17.2 Å². The van der Waals surface area contributed by atoms with Gasteiger partial charge in [-0.2, -0.15) is 0 Å². The molecule has 0 aliphatic carbocycles. The highest BCUT2D eigenvalue weighted by atomic mass is 16.2. The molecule has 0 heterocycles. The minimum absolute atomic E-state index is 0.0312. The predicted octanol–water partition coefficient (Wildman–Crippen LogP) is 4.24. The van der Waals surface area contributed by atoms with Crippen molar-refractivity contribution >= 4 is 23.1 Å². The van der Waals surface area contributed by atoms with Gasteiger partial charge in [-0.05, 0) is 42.2 Å². The van der Waals surface area contributed by atoms with Crippen LogP contribution in [0.5, 0.6) is 0 Å². The molecule has 0 spiro atoms. The van der Waals surface area contributed by atoms with Crippen molar-refractivity contribution in [3.8, 4) is 0 Å². The predicted molar refractivity (Wildman–Crippen MR) is 98.7 cm³/mol. The SMILES string of the molecule is CC(=O)c1ccccc1NCC(=O)Nc1ccc(C(C)(C)C)cc1. The molecule has 2 N–H and O–H groups in total. The Morgan fingerprint density at radius 1 is 0.958 bits per heavy atom. The largest absolute Gasteiger partial charge is 0.376 e. The summed E-state index contributed by atoms with van der Waals surface area (Å²) in [6.07, 6.45) is 0. The van der Waals surface area contributed by atoms with Crippen molar-refractivity contribution in [3.63, 3.8) is 0 Å². The van der Waals surface area contributed by atoms with Gasteiger partial charge in [0.1, 0.15) is 0 Å². The summed E-state index contributed by atoms with van der Waals surface area (Å²) in [6.45, 7) is 8.06. The zero-order valence-corrected chi connectivity index (χ0v) is 14.6. The van der Waals surface area contributed by atoms with Gasteiger partial charge in [-0.3, -0.25) is 9.59 Å². The van der Waals surface area contributed by atoms with Crippen LogP contribution in [-0.4, -0.2) is 18.2 Å². The highest BCUT2D eigenvalue weighted by molar-refractivity contribution is 6.00. The van der Waals surface area contributed by atoms with Gasteiger partial charge in [-0.1, -0.05) is 45.0 Å². The number of Topliss-reactive ketones (excluding diaryl/α,β-unsaturated/α-hetero) is 1. The molecule has 0 atom stereocenters. The Hall–Kier alpha value is -2.62. The van der Waals surface area contributed by atoms with E-state index in [9.17, 15) is 9.59 Å². The lowest BCUT2D eigenvalue weighted by Crippen LogP contribution is -2.22. The molecule has 1 amide bonds. The first-order valence-corrected chi connectivity index (χ1v) is 8.01. The van der Waals surface area contributed by atoms with Crippen molar-refractivity contribution in [1.29, 1.82) is 0 Å².